The van der Waals surface area contributed by atoms with Gasteiger partial charge in [-0.3, -0.25) is 4.79 Å². The third-order valence-electron chi connectivity index (χ3n) is 4.27. The molecule has 1 aliphatic rings. The summed E-state index contributed by atoms with van der Waals surface area (Å²) in [5.41, 5.74) is 8.32. The minimum atomic E-state index is -0.109. The number of amides is 1. The Hall–Kier alpha value is -2.53. The zero-order valence-corrected chi connectivity index (χ0v) is 13.8. The van der Waals surface area contributed by atoms with Gasteiger partial charge < -0.3 is 21.1 Å². The number of carbonyl (C=O) groups excluding carboxylic acids is 1. The third-order valence-corrected chi connectivity index (χ3v) is 4.27. The van der Waals surface area contributed by atoms with Gasteiger partial charge in [0.2, 0.25) is 0 Å². The molecule has 0 aromatic heterocycles. The standard InChI is InChI=1S/C19H23N3O2/c1-24-15-10-8-14(9-11-15)22-18-5-3-2-4-16(18)19(23)21-12-17(20)13-6-7-13/h2-5,8-11,13,17,22H,6-7,12,20H2,1H3,(H,21,23). The van der Waals surface area contributed by atoms with Gasteiger partial charge in [0.1, 0.15) is 5.75 Å². The predicted molar refractivity (Wildman–Crippen MR) is 95.8 cm³/mol. The Morgan fingerprint density at radius 3 is 2.58 bits per heavy atom. The van der Waals surface area contributed by atoms with Crippen LogP contribution in [0.15, 0.2) is 48.5 Å². The summed E-state index contributed by atoms with van der Waals surface area (Å²) in [6, 6.07) is 15.1. The van der Waals surface area contributed by atoms with Gasteiger partial charge >= 0.3 is 0 Å². The van der Waals surface area contributed by atoms with Crippen molar-refractivity contribution in [1.82, 2.24) is 5.32 Å². The summed E-state index contributed by atoms with van der Waals surface area (Å²) in [6.45, 7) is 0.514. The van der Waals surface area contributed by atoms with Crippen LogP contribution in [-0.4, -0.2) is 25.6 Å². The number of ether oxygens (including phenoxy) is 1. The number of methoxy groups -OCH3 is 1. The number of hydrogen-bond donors (Lipinski definition) is 3. The highest BCUT2D eigenvalue weighted by molar-refractivity contribution is 6.00. The summed E-state index contributed by atoms with van der Waals surface area (Å²) < 4.78 is 5.16. The van der Waals surface area contributed by atoms with E-state index in [2.05, 4.69) is 10.6 Å². The Labute approximate surface area is 142 Å². The molecule has 24 heavy (non-hydrogen) atoms. The van der Waals surface area contributed by atoms with Crippen molar-refractivity contribution < 1.29 is 9.53 Å². The van der Waals surface area contributed by atoms with Gasteiger partial charge in [-0.05, 0) is 55.2 Å². The van der Waals surface area contributed by atoms with Gasteiger partial charge in [-0.1, -0.05) is 12.1 Å². The molecule has 2 aromatic carbocycles. The summed E-state index contributed by atoms with van der Waals surface area (Å²) in [4.78, 5) is 12.5. The molecule has 126 valence electrons. The molecule has 0 spiro atoms. The van der Waals surface area contributed by atoms with Crippen LogP contribution >= 0.6 is 0 Å². The number of para-hydroxylation sites is 1. The first kappa shape index (κ1) is 16.3. The molecule has 5 nitrogen and oxygen atoms in total. The summed E-state index contributed by atoms with van der Waals surface area (Å²) in [5, 5.41) is 6.22. The van der Waals surface area contributed by atoms with Crippen molar-refractivity contribution in [1.29, 1.82) is 0 Å². The first-order chi connectivity index (χ1) is 11.7. The number of benzene rings is 2. The molecular weight excluding hydrogens is 302 g/mol. The third kappa shape index (κ3) is 4.06. The van der Waals surface area contributed by atoms with Crippen molar-refractivity contribution >= 4 is 17.3 Å². The summed E-state index contributed by atoms with van der Waals surface area (Å²) >= 11 is 0. The first-order valence-corrected chi connectivity index (χ1v) is 8.21. The van der Waals surface area contributed by atoms with Crippen molar-refractivity contribution in [2.24, 2.45) is 11.7 Å². The Balaban J connectivity index is 1.68. The van der Waals surface area contributed by atoms with E-state index in [0.717, 1.165) is 17.1 Å². The number of hydrogen-bond acceptors (Lipinski definition) is 4. The van der Waals surface area contributed by atoms with Crippen LogP contribution < -0.4 is 21.1 Å². The van der Waals surface area contributed by atoms with Crippen LogP contribution in [0.5, 0.6) is 5.75 Å². The fraction of sp³-hybridized carbons (Fsp3) is 0.316. The van der Waals surface area contributed by atoms with Crippen LogP contribution in [-0.2, 0) is 0 Å². The van der Waals surface area contributed by atoms with E-state index in [9.17, 15) is 4.79 Å². The number of nitrogens with one attached hydrogen (secondary N) is 2. The molecular formula is C19H23N3O2. The highest BCUT2D eigenvalue weighted by Crippen LogP contribution is 2.31. The monoisotopic (exact) mass is 325 g/mol. The predicted octanol–water partition coefficient (Wildman–Crippen LogP) is 2.91. The SMILES string of the molecule is COc1ccc(Nc2ccccc2C(=O)NCC(N)C2CC2)cc1. The maximum atomic E-state index is 12.5. The van der Waals surface area contributed by atoms with E-state index in [1.807, 2.05) is 48.5 Å². The van der Waals surface area contributed by atoms with Crippen molar-refractivity contribution in [3.05, 3.63) is 54.1 Å². The highest BCUT2D eigenvalue weighted by Gasteiger charge is 2.28. The largest absolute Gasteiger partial charge is 0.497 e. The average Bonchev–Trinajstić information content (AvgIpc) is 3.46. The molecule has 1 aliphatic carbocycles. The Kier molecular flexibility index (Phi) is 5.01. The second kappa shape index (κ2) is 7.36. The zero-order valence-electron chi connectivity index (χ0n) is 13.8. The fourth-order valence-corrected chi connectivity index (χ4v) is 2.62. The van der Waals surface area contributed by atoms with E-state index in [1.165, 1.54) is 12.8 Å². The Morgan fingerprint density at radius 1 is 1.21 bits per heavy atom. The lowest BCUT2D eigenvalue weighted by molar-refractivity contribution is 0.0951. The number of rotatable bonds is 7. The van der Waals surface area contributed by atoms with Gasteiger partial charge in [0.05, 0.1) is 18.4 Å². The molecule has 4 N–H and O–H groups in total. The van der Waals surface area contributed by atoms with Crippen molar-refractivity contribution in [2.75, 3.05) is 19.0 Å². The van der Waals surface area contributed by atoms with Gasteiger partial charge in [0, 0.05) is 18.3 Å². The molecule has 0 radical (unpaired) electrons. The maximum absolute atomic E-state index is 12.5. The minimum absolute atomic E-state index is 0.0515. The Bertz CT molecular complexity index is 696. The molecule has 0 aliphatic heterocycles. The molecule has 0 bridgehead atoms. The average molecular weight is 325 g/mol. The van der Waals surface area contributed by atoms with Gasteiger partial charge in [-0.2, -0.15) is 0 Å². The van der Waals surface area contributed by atoms with Crippen LogP contribution in [0.4, 0.5) is 11.4 Å². The van der Waals surface area contributed by atoms with Crippen molar-refractivity contribution in [3.63, 3.8) is 0 Å². The lowest BCUT2D eigenvalue weighted by Crippen LogP contribution is -2.38. The second-order valence-electron chi connectivity index (χ2n) is 6.11. The second-order valence-corrected chi connectivity index (χ2v) is 6.11. The first-order valence-electron chi connectivity index (χ1n) is 8.21. The molecule has 1 atom stereocenters. The van der Waals surface area contributed by atoms with Crippen LogP contribution in [0.1, 0.15) is 23.2 Å². The van der Waals surface area contributed by atoms with Crippen molar-refractivity contribution in [3.8, 4) is 5.75 Å². The molecule has 1 saturated carbocycles. The normalized spacial score (nSPS) is 14.8. The van der Waals surface area contributed by atoms with E-state index >= 15 is 0 Å². The summed E-state index contributed by atoms with van der Waals surface area (Å²) in [7, 11) is 1.63. The number of anilines is 2. The molecule has 0 saturated heterocycles. The van der Waals surface area contributed by atoms with E-state index < -0.39 is 0 Å². The molecule has 3 rings (SSSR count). The van der Waals surface area contributed by atoms with E-state index in [4.69, 9.17) is 10.5 Å². The van der Waals surface area contributed by atoms with E-state index in [0.29, 0.717) is 18.0 Å². The van der Waals surface area contributed by atoms with Gasteiger partial charge in [-0.15, -0.1) is 0 Å². The maximum Gasteiger partial charge on any atom is 0.253 e. The highest BCUT2D eigenvalue weighted by atomic mass is 16.5. The summed E-state index contributed by atoms with van der Waals surface area (Å²) in [6.07, 6.45) is 2.35. The zero-order chi connectivity index (χ0) is 16.9. The van der Waals surface area contributed by atoms with E-state index in [1.54, 1.807) is 7.11 Å². The van der Waals surface area contributed by atoms with Crippen LogP contribution in [0.25, 0.3) is 0 Å². The smallest absolute Gasteiger partial charge is 0.253 e. The molecule has 2 aromatic rings. The fourth-order valence-electron chi connectivity index (χ4n) is 2.62. The number of nitrogens with two attached hydrogens (primary N) is 1. The molecule has 1 fully saturated rings. The lowest BCUT2D eigenvalue weighted by Gasteiger charge is -2.15. The number of carbonyl (C=O) groups is 1. The Morgan fingerprint density at radius 2 is 1.92 bits per heavy atom. The van der Waals surface area contributed by atoms with Gasteiger partial charge in [-0.25, -0.2) is 0 Å². The molecule has 5 heteroatoms. The quantitative estimate of drug-likeness (QED) is 0.731. The van der Waals surface area contributed by atoms with Gasteiger partial charge in [0.25, 0.3) is 5.91 Å². The van der Waals surface area contributed by atoms with Crippen LogP contribution in [0.3, 0.4) is 0 Å². The van der Waals surface area contributed by atoms with E-state index in [-0.39, 0.29) is 11.9 Å². The molecule has 1 unspecified atom stereocenters. The molecule has 1 amide bonds. The summed E-state index contributed by atoms with van der Waals surface area (Å²) in [5.74, 6) is 1.25. The topological polar surface area (TPSA) is 76.4 Å². The van der Waals surface area contributed by atoms with Crippen LogP contribution in [0.2, 0.25) is 0 Å². The minimum Gasteiger partial charge on any atom is -0.497 e. The lowest BCUT2D eigenvalue weighted by atomic mass is 10.1. The van der Waals surface area contributed by atoms with Gasteiger partial charge in [0.15, 0.2) is 0 Å². The molecule has 0 heterocycles. The van der Waals surface area contributed by atoms with Crippen molar-refractivity contribution in [2.45, 2.75) is 18.9 Å². The van der Waals surface area contributed by atoms with Crippen LogP contribution in [0, 0.1) is 5.92 Å².